The van der Waals surface area contributed by atoms with Crippen molar-refractivity contribution in [1.82, 2.24) is 4.98 Å². The molecule has 0 saturated heterocycles. The highest BCUT2D eigenvalue weighted by molar-refractivity contribution is 6.32. The van der Waals surface area contributed by atoms with E-state index in [1.54, 1.807) is 25.3 Å². The molecule has 1 unspecified atom stereocenters. The Balaban J connectivity index is 2.45. The largest absolute Gasteiger partial charge is 0.481 e. The Kier molecular flexibility index (Phi) is 3.63. The third kappa shape index (κ3) is 2.51. The minimum atomic E-state index is -0.843. The van der Waals surface area contributed by atoms with Gasteiger partial charge in [-0.1, -0.05) is 35.9 Å². The van der Waals surface area contributed by atoms with Crippen LogP contribution >= 0.6 is 11.6 Å². The third-order valence-corrected chi connectivity index (χ3v) is 3.13. The van der Waals surface area contributed by atoms with Crippen LogP contribution in [-0.4, -0.2) is 16.1 Å². The molecular formula is C14H12ClNO2. The number of nitrogens with zero attached hydrogens (tertiary/aromatic N) is 1. The van der Waals surface area contributed by atoms with Crippen LogP contribution in [0.4, 0.5) is 0 Å². The van der Waals surface area contributed by atoms with E-state index in [0.29, 0.717) is 5.15 Å². The van der Waals surface area contributed by atoms with Gasteiger partial charge in [-0.15, -0.1) is 0 Å². The summed E-state index contributed by atoms with van der Waals surface area (Å²) in [4.78, 5) is 15.0. The Labute approximate surface area is 110 Å². The number of aliphatic carboxylic acids is 1. The van der Waals surface area contributed by atoms with Crippen molar-refractivity contribution in [1.29, 1.82) is 0 Å². The number of halogens is 1. The fraction of sp³-hybridized carbons (Fsp3) is 0.143. The molecule has 0 spiro atoms. The number of carboxylic acid groups (broad SMARTS) is 1. The zero-order valence-electron chi connectivity index (χ0n) is 9.80. The normalized spacial score (nSPS) is 12.1. The lowest BCUT2D eigenvalue weighted by Gasteiger charge is -2.09. The first-order chi connectivity index (χ1) is 8.59. The summed E-state index contributed by atoms with van der Waals surface area (Å²) in [6, 6.07) is 11.0. The van der Waals surface area contributed by atoms with E-state index < -0.39 is 11.9 Å². The molecular weight excluding hydrogens is 250 g/mol. The highest BCUT2D eigenvalue weighted by Gasteiger charge is 2.14. The number of carboxylic acids is 1. The summed E-state index contributed by atoms with van der Waals surface area (Å²) in [6.07, 6.45) is 1.62. The zero-order valence-corrected chi connectivity index (χ0v) is 10.6. The summed E-state index contributed by atoms with van der Waals surface area (Å²) >= 11 is 6.03. The summed E-state index contributed by atoms with van der Waals surface area (Å²) in [7, 11) is 0. The number of pyridine rings is 1. The number of hydrogen-bond acceptors (Lipinski definition) is 2. The molecule has 2 aromatic rings. The number of rotatable bonds is 3. The number of carbonyl (C=O) groups is 1. The van der Waals surface area contributed by atoms with Gasteiger partial charge < -0.3 is 5.11 Å². The Hall–Kier alpha value is -1.87. The van der Waals surface area contributed by atoms with Gasteiger partial charge in [-0.05, 0) is 30.2 Å². The molecule has 0 aliphatic heterocycles. The van der Waals surface area contributed by atoms with Crippen LogP contribution in [-0.2, 0) is 4.79 Å². The first-order valence-corrected chi connectivity index (χ1v) is 5.91. The molecule has 0 amide bonds. The predicted molar refractivity (Wildman–Crippen MR) is 70.7 cm³/mol. The standard InChI is InChI=1S/C14H12ClNO2/c1-9(14(17)18)10-4-2-5-11(8-10)12-6-3-7-16-13(12)15/h2-9H,1H3,(H,17,18). The van der Waals surface area contributed by atoms with Crippen LogP contribution < -0.4 is 0 Å². The smallest absolute Gasteiger partial charge is 0.310 e. The molecule has 1 heterocycles. The van der Waals surface area contributed by atoms with Crippen LogP contribution in [0.2, 0.25) is 5.15 Å². The molecule has 0 aliphatic carbocycles. The fourth-order valence-corrected chi connectivity index (χ4v) is 1.95. The lowest BCUT2D eigenvalue weighted by Crippen LogP contribution is -2.07. The van der Waals surface area contributed by atoms with Gasteiger partial charge in [0, 0.05) is 11.8 Å². The predicted octanol–water partition coefficient (Wildman–Crippen LogP) is 3.59. The van der Waals surface area contributed by atoms with Gasteiger partial charge in [0.1, 0.15) is 5.15 Å². The summed E-state index contributed by atoms with van der Waals surface area (Å²) in [5.41, 5.74) is 2.43. The average molecular weight is 262 g/mol. The van der Waals surface area contributed by atoms with E-state index in [9.17, 15) is 4.79 Å². The molecule has 1 aromatic heterocycles. The van der Waals surface area contributed by atoms with Crippen molar-refractivity contribution in [2.45, 2.75) is 12.8 Å². The van der Waals surface area contributed by atoms with Gasteiger partial charge in [0.05, 0.1) is 5.92 Å². The lowest BCUT2D eigenvalue weighted by atomic mass is 9.97. The topological polar surface area (TPSA) is 50.2 Å². The molecule has 18 heavy (non-hydrogen) atoms. The molecule has 0 saturated carbocycles. The summed E-state index contributed by atoms with van der Waals surface area (Å²) < 4.78 is 0. The van der Waals surface area contributed by atoms with E-state index >= 15 is 0 Å². The Morgan fingerprint density at radius 3 is 2.78 bits per heavy atom. The Morgan fingerprint density at radius 2 is 2.11 bits per heavy atom. The summed E-state index contributed by atoms with van der Waals surface area (Å²) in [5, 5.41) is 9.43. The van der Waals surface area contributed by atoms with Crippen molar-refractivity contribution in [3.8, 4) is 11.1 Å². The van der Waals surface area contributed by atoms with E-state index in [-0.39, 0.29) is 0 Å². The molecule has 0 aliphatic rings. The van der Waals surface area contributed by atoms with E-state index in [1.165, 1.54) is 0 Å². The van der Waals surface area contributed by atoms with Gasteiger partial charge in [0.15, 0.2) is 0 Å². The lowest BCUT2D eigenvalue weighted by molar-refractivity contribution is -0.138. The second kappa shape index (κ2) is 5.19. The molecule has 4 heteroatoms. The van der Waals surface area contributed by atoms with Crippen molar-refractivity contribution in [3.05, 3.63) is 53.3 Å². The third-order valence-electron chi connectivity index (χ3n) is 2.83. The van der Waals surface area contributed by atoms with Gasteiger partial charge in [0.2, 0.25) is 0 Å². The number of aromatic nitrogens is 1. The van der Waals surface area contributed by atoms with E-state index in [2.05, 4.69) is 4.98 Å². The van der Waals surface area contributed by atoms with Crippen molar-refractivity contribution >= 4 is 17.6 Å². The first-order valence-electron chi connectivity index (χ1n) is 5.53. The maximum Gasteiger partial charge on any atom is 0.310 e. The summed E-state index contributed by atoms with van der Waals surface area (Å²) in [6.45, 7) is 1.66. The second-order valence-corrected chi connectivity index (χ2v) is 4.39. The molecule has 0 radical (unpaired) electrons. The Bertz CT molecular complexity index is 584. The molecule has 3 nitrogen and oxygen atoms in total. The maximum absolute atomic E-state index is 11.0. The van der Waals surface area contributed by atoms with E-state index in [0.717, 1.165) is 16.7 Å². The van der Waals surface area contributed by atoms with Gasteiger partial charge in [-0.2, -0.15) is 0 Å². The van der Waals surface area contributed by atoms with E-state index in [1.807, 2.05) is 24.3 Å². The SMILES string of the molecule is CC(C(=O)O)c1cccc(-c2cccnc2Cl)c1. The minimum Gasteiger partial charge on any atom is -0.481 e. The average Bonchev–Trinajstić information content (AvgIpc) is 2.38. The second-order valence-electron chi connectivity index (χ2n) is 4.03. The quantitative estimate of drug-likeness (QED) is 0.859. The molecule has 2 rings (SSSR count). The van der Waals surface area contributed by atoms with Crippen LogP contribution in [0.5, 0.6) is 0 Å². The van der Waals surface area contributed by atoms with Crippen LogP contribution in [0.15, 0.2) is 42.6 Å². The van der Waals surface area contributed by atoms with Crippen molar-refractivity contribution < 1.29 is 9.90 Å². The highest BCUT2D eigenvalue weighted by Crippen LogP contribution is 2.28. The first kappa shape index (κ1) is 12.6. The van der Waals surface area contributed by atoms with Gasteiger partial charge in [0.25, 0.3) is 0 Å². The number of benzene rings is 1. The maximum atomic E-state index is 11.0. The van der Waals surface area contributed by atoms with Gasteiger partial charge in [-0.3, -0.25) is 4.79 Å². The molecule has 1 aromatic carbocycles. The molecule has 1 atom stereocenters. The van der Waals surface area contributed by atoms with Crippen LogP contribution in [0.25, 0.3) is 11.1 Å². The monoisotopic (exact) mass is 261 g/mol. The van der Waals surface area contributed by atoms with Crippen molar-refractivity contribution in [3.63, 3.8) is 0 Å². The fourth-order valence-electron chi connectivity index (χ4n) is 1.72. The van der Waals surface area contributed by atoms with Crippen molar-refractivity contribution in [2.24, 2.45) is 0 Å². The number of hydrogen-bond donors (Lipinski definition) is 1. The van der Waals surface area contributed by atoms with Crippen molar-refractivity contribution in [2.75, 3.05) is 0 Å². The highest BCUT2D eigenvalue weighted by atomic mass is 35.5. The van der Waals surface area contributed by atoms with Gasteiger partial charge in [-0.25, -0.2) is 4.98 Å². The molecule has 0 bridgehead atoms. The molecule has 0 fully saturated rings. The zero-order chi connectivity index (χ0) is 13.1. The molecule has 1 N–H and O–H groups in total. The van der Waals surface area contributed by atoms with E-state index in [4.69, 9.17) is 16.7 Å². The minimum absolute atomic E-state index is 0.414. The molecule has 92 valence electrons. The van der Waals surface area contributed by atoms with Gasteiger partial charge >= 0.3 is 5.97 Å². The van der Waals surface area contributed by atoms with Crippen LogP contribution in [0, 0.1) is 0 Å². The summed E-state index contributed by atoms with van der Waals surface area (Å²) in [5.74, 6) is -1.38. The Morgan fingerprint density at radius 1 is 1.33 bits per heavy atom. The van der Waals surface area contributed by atoms with Crippen LogP contribution in [0.1, 0.15) is 18.4 Å². The van der Waals surface area contributed by atoms with Crippen LogP contribution in [0.3, 0.4) is 0 Å².